The second kappa shape index (κ2) is 8.12. The Hall–Kier alpha value is -3.45. The van der Waals surface area contributed by atoms with Crippen LogP contribution in [0.5, 0.6) is 0 Å². The summed E-state index contributed by atoms with van der Waals surface area (Å²) < 4.78 is 48.0. The smallest absolute Gasteiger partial charge is 0.264 e. The number of aromatic nitrogens is 1. The Balaban J connectivity index is 1.76. The van der Waals surface area contributed by atoms with Crippen molar-refractivity contribution in [1.82, 2.24) is 4.98 Å². The number of aryl methyl sites for hydroxylation is 1. The molecule has 0 saturated heterocycles. The minimum absolute atomic E-state index is 0.0481. The topological polar surface area (TPSA) is 72.2 Å². The lowest BCUT2D eigenvalue weighted by Crippen LogP contribution is -2.13. The summed E-state index contributed by atoms with van der Waals surface area (Å²) in [7, 11) is -3.90. The Bertz CT molecular complexity index is 1270. The van der Waals surface area contributed by atoms with Crippen molar-refractivity contribution < 1.29 is 17.2 Å². The van der Waals surface area contributed by atoms with Crippen LogP contribution < -0.4 is 4.72 Å². The summed E-state index contributed by atoms with van der Waals surface area (Å²) in [5, 5.41) is 0. The van der Waals surface area contributed by atoms with Crippen LogP contribution in [-0.2, 0) is 16.4 Å². The zero-order valence-corrected chi connectivity index (χ0v) is 17.0. The Morgan fingerprint density at radius 3 is 2.30 bits per heavy atom. The molecule has 0 bridgehead atoms. The summed E-state index contributed by atoms with van der Waals surface area (Å²) in [4.78, 5) is 4.55. The number of halogens is 1. The summed E-state index contributed by atoms with van der Waals surface area (Å²) in [6.07, 6.45) is 0.370. The Labute approximate surface area is 174 Å². The number of oxazole rings is 1. The molecule has 0 unspecified atom stereocenters. The van der Waals surface area contributed by atoms with Crippen LogP contribution in [0.1, 0.15) is 17.0 Å². The minimum Gasteiger partial charge on any atom is -0.423 e. The van der Waals surface area contributed by atoms with Crippen molar-refractivity contribution in [2.24, 2.45) is 0 Å². The van der Waals surface area contributed by atoms with Gasteiger partial charge in [0.05, 0.1) is 4.90 Å². The lowest BCUT2D eigenvalue weighted by molar-refractivity contribution is 0.521. The molecule has 3 aromatic carbocycles. The largest absolute Gasteiger partial charge is 0.423 e. The lowest BCUT2D eigenvalue weighted by Gasteiger charge is -2.07. The highest BCUT2D eigenvalue weighted by Crippen LogP contribution is 2.32. The van der Waals surface area contributed by atoms with Gasteiger partial charge in [0.15, 0.2) is 0 Å². The van der Waals surface area contributed by atoms with Crippen molar-refractivity contribution in [3.05, 3.63) is 102 Å². The molecule has 0 amide bonds. The predicted molar refractivity (Wildman–Crippen MR) is 113 cm³/mol. The van der Waals surface area contributed by atoms with E-state index in [2.05, 4.69) is 9.71 Å². The van der Waals surface area contributed by atoms with E-state index in [0.717, 1.165) is 5.56 Å². The van der Waals surface area contributed by atoms with E-state index in [1.54, 1.807) is 37.3 Å². The first-order valence-electron chi connectivity index (χ1n) is 9.30. The van der Waals surface area contributed by atoms with Gasteiger partial charge in [-0.1, -0.05) is 60.7 Å². The lowest BCUT2D eigenvalue weighted by atomic mass is 10.1. The monoisotopic (exact) mass is 422 g/mol. The Kier molecular flexibility index (Phi) is 5.37. The molecule has 0 aliphatic carbocycles. The Morgan fingerprint density at radius 2 is 1.63 bits per heavy atom. The molecule has 0 aliphatic heterocycles. The molecule has 7 heteroatoms. The highest BCUT2D eigenvalue weighted by Gasteiger charge is 2.22. The van der Waals surface area contributed by atoms with Crippen LogP contribution >= 0.6 is 0 Å². The van der Waals surface area contributed by atoms with Gasteiger partial charge >= 0.3 is 0 Å². The zero-order valence-electron chi connectivity index (χ0n) is 16.2. The van der Waals surface area contributed by atoms with Crippen LogP contribution in [0.15, 0.2) is 88.2 Å². The van der Waals surface area contributed by atoms with Crippen molar-refractivity contribution >= 4 is 15.9 Å². The number of nitrogens with one attached hydrogen (secondary N) is 1. The molecule has 0 atom stereocenters. The van der Waals surface area contributed by atoms with Gasteiger partial charge in [0.1, 0.15) is 11.5 Å². The molecule has 0 radical (unpaired) electrons. The third kappa shape index (κ3) is 4.26. The predicted octanol–water partition coefficient (Wildman–Crippen LogP) is 5.18. The van der Waals surface area contributed by atoms with Gasteiger partial charge in [-0.3, -0.25) is 0 Å². The fourth-order valence-corrected chi connectivity index (χ4v) is 4.01. The maximum atomic E-state index is 14.2. The summed E-state index contributed by atoms with van der Waals surface area (Å²) in [5.74, 6) is -0.132. The van der Waals surface area contributed by atoms with Gasteiger partial charge in [-0.15, -0.1) is 0 Å². The molecule has 1 N–H and O–H groups in total. The van der Waals surface area contributed by atoms with Crippen molar-refractivity contribution in [3.63, 3.8) is 0 Å². The fourth-order valence-electron chi connectivity index (χ4n) is 3.00. The summed E-state index contributed by atoms with van der Waals surface area (Å²) in [6, 6.07) is 22.1. The molecule has 152 valence electrons. The molecular formula is C23H19FN2O3S. The standard InChI is InChI=1S/C23H19FN2O3S/c1-16-12-13-18(15-20(16)24)22-23(26-30(27,28)19-10-6-3-7-11-19)29-21(25-22)14-17-8-4-2-5-9-17/h2-13,15,26H,14H2,1H3. The van der Waals surface area contributed by atoms with Crippen molar-refractivity contribution in [3.8, 4) is 11.3 Å². The molecule has 1 heterocycles. The molecule has 0 saturated carbocycles. The summed E-state index contributed by atoms with van der Waals surface area (Å²) in [5.41, 5.74) is 2.10. The molecule has 0 fully saturated rings. The van der Waals surface area contributed by atoms with Gasteiger partial charge < -0.3 is 4.42 Å². The van der Waals surface area contributed by atoms with Crippen molar-refractivity contribution in [2.45, 2.75) is 18.2 Å². The third-order valence-corrected chi connectivity index (χ3v) is 5.94. The maximum Gasteiger partial charge on any atom is 0.264 e. The number of anilines is 1. The first kappa shape index (κ1) is 19.8. The van der Waals surface area contributed by atoms with E-state index in [0.29, 0.717) is 23.4 Å². The van der Waals surface area contributed by atoms with Gasteiger partial charge in [-0.2, -0.15) is 0 Å². The van der Waals surface area contributed by atoms with E-state index < -0.39 is 15.8 Å². The van der Waals surface area contributed by atoms with Crippen LogP contribution in [0.2, 0.25) is 0 Å². The van der Waals surface area contributed by atoms with Crippen molar-refractivity contribution in [1.29, 1.82) is 0 Å². The van der Waals surface area contributed by atoms with Gasteiger partial charge in [0.25, 0.3) is 10.0 Å². The van der Waals surface area contributed by atoms with Crippen LogP contribution in [0.4, 0.5) is 10.3 Å². The van der Waals surface area contributed by atoms with E-state index in [9.17, 15) is 12.8 Å². The van der Waals surface area contributed by atoms with E-state index in [1.165, 1.54) is 18.2 Å². The number of hydrogen-bond donors (Lipinski definition) is 1. The van der Waals surface area contributed by atoms with Crippen LogP contribution in [0.25, 0.3) is 11.3 Å². The third-order valence-electron chi connectivity index (χ3n) is 4.60. The molecule has 1 aromatic heterocycles. The molecule has 4 rings (SSSR count). The van der Waals surface area contributed by atoms with Crippen LogP contribution in [-0.4, -0.2) is 13.4 Å². The van der Waals surface area contributed by atoms with Crippen LogP contribution in [0.3, 0.4) is 0 Å². The molecule has 0 aliphatic rings. The second-order valence-electron chi connectivity index (χ2n) is 6.83. The van der Waals surface area contributed by atoms with Gasteiger partial charge in [0.2, 0.25) is 11.8 Å². The average molecular weight is 422 g/mol. The van der Waals surface area contributed by atoms with Gasteiger partial charge in [-0.05, 0) is 36.2 Å². The molecule has 0 spiro atoms. The van der Waals surface area contributed by atoms with E-state index in [-0.39, 0.29) is 16.5 Å². The molecule has 5 nitrogen and oxygen atoms in total. The Morgan fingerprint density at radius 1 is 0.967 bits per heavy atom. The van der Waals surface area contributed by atoms with E-state index >= 15 is 0 Å². The molecular weight excluding hydrogens is 403 g/mol. The van der Waals surface area contributed by atoms with E-state index in [1.807, 2.05) is 30.3 Å². The first-order valence-corrected chi connectivity index (χ1v) is 10.8. The normalized spacial score (nSPS) is 11.4. The zero-order chi connectivity index (χ0) is 21.1. The quantitative estimate of drug-likeness (QED) is 0.465. The number of benzene rings is 3. The fraction of sp³-hybridized carbons (Fsp3) is 0.0870. The molecule has 4 aromatic rings. The van der Waals surface area contributed by atoms with E-state index in [4.69, 9.17) is 4.42 Å². The summed E-state index contributed by atoms with van der Waals surface area (Å²) >= 11 is 0. The molecule has 30 heavy (non-hydrogen) atoms. The highest BCUT2D eigenvalue weighted by atomic mass is 32.2. The number of rotatable bonds is 6. The average Bonchev–Trinajstić information content (AvgIpc) is 3.13. The number of sulfonamides is 1. The minimum atomic E-state index is -3.90. The van der Waals surface area contributed by atoms with Gasteiger partial charge in [0, 0.05) is 12.0 Å². The number of nitrogens with zero attached hydrogens (tertiary/aromatic N) is 1. The number of hydrogen-bond acceptors (Lipinski definition) is 4. The SMILES string of the molecule is Cc1ccc(-c2nc(Cc3ccccc3)oc2NS(=O)(=O)c2ccccc2)cc1F. The first-order chi connectivity index (χ1) is 14.4. The summed E-state index contributed by atoms with van der Waals surface area (Å²) in [6.45, 7) is 1.65. The maximum absolute atomic E-state index is 14.2. The van der Waals surface area contributed by atoms with Crippen molar-refractivity contribution in [2.75, 3.05) is 4.72 Å². The second-order valence-corrected chi connectivity index (χ2v) is 8.51. The van der Waals surface area contributed by atoms with Gasteiger partial charge in [-0.25, -0.2) is 22.5 Å². The highest BCUT2D eigenvalue weighted by molar-refractivity contribution is 7.92. The van der Waals surface area contributed by atoms with Crippen LogP contribution in [0, 0.1) is 12.7 Å².